The lowest BCUT2D eigenvalue weighted by Crippen LogP contribution is -2.22. The van der Waals surface area contributed by atoms with Crippen molar-refractivity contribution >= 4 is 0 Å². The van der Waals surface area contributed by atoms with Crippen LogP contribution in [0.5, 0.6) is 0 Å². The molecule has 0 saturated heterocycles. The molecule has 0 fully saturated rings. The van der Waals surface area contributed by atoms with Gasteiger partial charge in [-0.3, -0.25) is 0 Å². The molecule has 0 atom stereocenters. The van der Waals surface area contributed by atoms with Gasteiger partial charge in [0, 0.05) is 0 Å². The maximum absolute atomic E-state index is 3.49. The Kier molecular flexibility index (Phi) is 6.28. The monoisotopic (exact) mass is 233 g/mol. The molecule has 0 aliphatic rings. The summed E-state index contributed by atoms with van der Waals surface area (Å²) >= 11 is 0. The van der Waals surface area contributed by atoms with Gasteiger partial charge in [0.1, 0.15) is 0 Å². The molecule has 0 aromatic heterocycles. The molecular weight excluding hydrogens is 206 g/mol. The van der Waals surface area contributed by atoms with Crippen LogP contribution >= 0.6 is 0 Å². The van der Waals surface area contributed by atoms with E-state index < -0.39 is 0 Å². The minimum Gasteiger partial charge on any atom is -0.316 e. The van der Waals surface area contributed by atoms with Gasteiger partial charge in [0.25, 0.3) is 0 Å². The summed E-state index contributed by atoms with van der Waals surface area (Å²) in [6.07, 6.45) is 2.33. The van der Waals surface area contributed by atoms with Gasteiger partial charge >= 0.3 is 0 Å². The first-order valence-electron chi connectivity index (χ1n) is 6.86. The van der Waals surface area contributed by atoms with Crippen molar-refractivity contribution in [2.24, 2.45) is 11.8 Å². The topological polar surface area (TPSA) is 12.0 Å². The maximum Gasteiger partial charge on any atom is -0.000824 e. The third kappa shape index (κ3) is 6.48. The molecule has 1 N–H and O–H groups in total. The molecule has 0 spiro atoms. The quantitative estimate of drug-likeness (QED) is 0.709. The minimum absolute atomic E-state index is 0.738. The summed E-state index contributed by atoms with van der Waals surface area (Å²) in [5.41, 5.74) is 2.93. The summed E-state index contributed by atoms with van der Waals surface area (Å²) in [6, 6.07) is 9.03. The molecule has 1 heteroatoms. The molecule has 1 nitrogen and oxygen atoms in total. The molecule has 96 valence electrons. The summed E-state index contributed by atoms with van der Waals surface area (Å²) in [4.78, 5) is 0. The van der Waals surface area contributed by atoms with E-state index in [0.717, 1.165) is 31.3 Å². The van der Waals surface area contributed by atoms with Crippen LogP contribution in [0.4, 0.5) is 0 Å². The zero-order valence-corrected chi connectivity index (χ0v) is 11.8. The van der Waals surface area contributed by atoms with Crippen molar-refractivity contribution in [1.82, 2.24) is 5.32 Å². The predicted octanol–water partition coefficient (Wildman–Crippen LogP) is 3.67. The Morgan fingerprint density at radius 3 is 2.35 bits per heavy atom. The second-order valence-corrected chi connectivity index (χ2v) is 5.77. The van der Waals surface area contributed by atoms with Crippen molar-refractivity contribution in [1.29, 1.82) is 0 Å². The Bertz CT molecular complexity index is 315. The van der Waals surface area contributed by atoms with Gasteiger partial charge in [-0.2, -0.15) is 0 Å². The fraction of sp³-hybridized carbons (Fsp3) is 0.625. The van der Waals surface area contributed by atoms with Crippen LogP contribution in [0, 0.1) is 11.8 Å². The van der Waals surface area contributed by atoms with Crippen LogP contribution in [0.3, 0.4) is 0 Å². The molecule has 0 radical (unpaired) electrons. The summed E-state index contributed by atoms with van der Waals surface area (Å²) in [7, 11) is 0. The van der Waals surface area contributed by atoms with E-state index in [1.165, 1.54) is 17.5 Å². The van der Waals surface area contributed by atoms with E-state index in [0.29, 0.717) is 0 Å². The molecule has 0 bridgehead atoms. The third-order valence-corrected chi connectivity index (χ3v) is 2.78. The fourth-order valence-electron chi connectivity index (χ4n) is 2.01. The van der Waals surface area contributed by atoms with Crippen LogP contribution < -0.4 is 5.32 Å². The number of hydrogen-bond acceptors (Lipinski definition) is 1. The Balaban J connectivity index is 2.37. The molecule has 0 saturated carbocycles. The van der Waals surface area contributed by atoms with Gasteiger partial charge < -0.3 is 5.32 Å². The van der Waals surface area contributed by atoms with Gasteiger partial charge in [0.05, 0.1) is 0 Å². The van der Waals surface area contributed by atoms with Crippen LogP contribution in [0.2, 0.25) is 0 Å². The summed E-state index contributed by atoms with van der Waals surface area (Å²) in [5.74, 6) is 1.48. The second kappa shape index (κ2) is 7.50. The van der Waals surface area contributed by atoms with Gasteiger partial charge in [-0.1, -0.05) is 52.0 Å². The van der Waals surface area contributed by atoms with Crippen LogP contribution in [0.15, 0.2) is 24.3 Å². The number of benzene rings is 1. The van der Waals surface area contributed by atoms with Crippen LogP contribution in [-0.4, -0.2) is 13.1 Å². The molecule has 1 rings (SSSR count). The lowest BCUT2D eigenvalue weighted by atomic mass is 10.00. The van der Waals surface area contributed by atoms with Gasteiger partial charge in [0.2, 0.25) is 0 Å². The zero-order valence-electron chi connectivity index (χ0n) is 11.8. The SMILES string of the molecule is CC(C)CNCCc1cccc(CC(C)C)c1. The first kappa shape index (κ1) is 14.2. The van der Waals surface area contributed by atoms with E-state index in [9.17, 15) is 0 Å². The highest BCUT2D eigenvalue weighted by atomic mass is 14.8. The Morgan fingerprint density at radius 2 is 1.71 bits per heavy atom. The van der Waals surface area contributed by atoms with Gasteiger partial charge in [0.15, 0.2) is 0 Å². The van der Waals surface area contributed by atoms with Crippen LogP contribution in [0.1, 0.15) is 38.8 Å². The van der Waals surface area contributed by atoms with Gasteiger partial charge in [-0.05, 0) is 48.9 Å². The molecule has 1 aromatic rings. The Morgan fingerprint density at radius 1 is 1.00 bits per heavy atom. The number of hydrogen-bond donors (Lipinski definition) is 1. The lowest BCUT2D eigenvalue weighted by Gasteiger charge is -2.09. The highest BCUT2D eigenvalue weighted by Gasteiger charge is 2.00. The molecule has 0 aliphatic carbocycles. The molecule has 0 amide bonds. The van der Waals surface area contributed by atoms with E-state index >= 15 is 0 Å². The predicted molar refractivity (Wildman–Crippen MR) is 76.4 cm³/mol. The molecule has 0 unspecified atom stereocenters. The average Bonchev–Trinajstić information content (AvgIpc) is 2.24. The standard InChI is InChI=1S/C16H27N/c1-13(2)10-16-7-5-6-15(11-16)8-9-17-12-14(3)4/h5-7,11,13-14,17H,8-10,12H2,1-4H3. The van der Waals surface area contributed by atoms with Crippen molar-refractivity contribution in [3.05, 3.63) is 35.4 Å². The van der Waals surface area contributed by atoms with Crippen molar-refractivity contribution in [3.8, 4) is 0 Å². The normalized spacial score (nSPS) is 11.4. The second-order valence-electron chi connectivity index (χ2n) is 5.77. The first-order valence-corrected chi connectivity index (χ1v) is 6.86. The van der Waals surface area contributed by atoms with Crippen molar-refractivity contribution < 1.29 is 0 Å². The summed E-state index contributed by atoms with van der Waals surface area (Å²) in [6.45, 7) is 11.2. The highest BCUT2D eigenvalue weighted by molar-refractivity contribution is 5.24. The van der Waals surface area contributed by atoms with E-state index in [4.69, 9.17) is 0 Å². The first-order chi connectivity index (χ1) is 8.08. The van der Waals surface area contributed by atoms with E-state index in [2.05, 4.69) is 57.3 Å². The summed E-state index contributed by atoms with van der Waals surface area (Å²) in [5, 5.41) is 3.49. The van der Waals surface area contributed by atoms with Crippen LogP contribution in [0.25, 0.3) is 0 Å². The van der Waals surface area contributed by atoms with Gasteiger partial charge in [-0.25, -0.2) is 0 Å². The van der Waals surface area contributed by atoms with Crippen LogP contribution in [-0.2, 0) is 12.8 Å². The third-order valence-electron chi connectivity index (χ3n) is 2.78. The fourth-order valence-corrected chi connectivity index (χ4v) is 2.01. The Labute approximate surface area is 107 Å². The number of nitrogens with one attached hydrogen (secondary N) is 1. The van der Waals surface area contributed by atoms with E-state index in [1.54, 1.807) is 0 Å². The molecule has 0 aliphatic heterocycles. The zero-order chi connectivity index (χ0) is 12.7. The van der Waals surface area contributed by atoms with Crippen molar-refractivity contribution in [2.75, 3.05) is 13.1 Å². The van der Waals surface area contributed by atoms with E-state index in [-0.39, 0.29) is 0 Å². The average molecular weight is 233 g/mol. The largest absolute Gasteiger partial charge is 0.316 e. The maximum atomic E-state index is 3.49. The molecule has 0 heterocycles. The van der Waals surface area contributed by atoms with Gasteiger partial charge in [-0.15, -0.1) is 0 Å². The summed E-state index contributed by atoms with van der Waals surface area (Å²) < 4.78 is 0. The molecule has 1 aromatic carbocycles. The highest BCUT2D eigenvalue weighted by Crippen LogP contribution is 2.10. The van der Waals surface area contributed by atoms with Crippen molar-refractivity contribution in [3.63, 3.8) is 0 Å². The smallest absolute Gasteiger partial charge is 0.000824 e. The lowest BCUT2D eigenvalue weighted by molar-refractivity contribution is 0.554. The minimum atomic E-state index is 0.738. The molecule has 17 heavy (non-hydrogen) atoms. The van der Waals surface area contributed by atoms with Crippen molar-refractivity contribution in [2.45, 2.75) is 40.5 Å². The van der Waals surface area contributed by atoms with E-state index in [1.807, 2.05) is 0 Å². The number of rotatable bonds is 7. The molecular formula is C16H27N. The Hall–Kier alpha value is -0.820.